The topological polar surface area (TPSA) is 47.6 Å². The number of hydrogen-bond donors (Lipinski definition) is 1. The van der Waals surface area contributed by atoms with Crippen LogP contribution in [-0.2, 0) is 4.79 Å². The highest BCUT2D eigenvalue weighted by Gasteiger charge is 2.26. The number of ether oxygens (including phenoxy) is 2. The lowest BCUT2D eigenvalue weighted by molar-refractivity contribution is -0.130. The average Bonchev–Trinajstić information content (AvgIpc) is 2.50. The maximum absolute atomic E-state index is 12.0. The van der Waals surface area contributed by atoms with Crippen LogP contribution < -0.4 is 14.8 Å². The summed E-state index contributed by atoms with van der Waals surface area (Å²) in [5.41, 5.74) is 0. The van der Waals surface area contributed by atoms with Crippen LogP contribution in [0.2, 0.25) is 0 Å². The van der Waals surface area contributed by atoms with Gasteiger partial charge in [-0.15, -0.1) is 0 Å². The number of benzene rings is 1. The van der Waals surface area contributed by atoms with Crippen LogP contribution in [0.5, 0.6) is 11.5 Å². The number of alkyl halides is 1. The Labute approximate surface area is 128 Å². The summed E-state index contributed by atoms with van der Waals surface area (Å²) in [6, 6.07) is 7.41. The Hall–Kier alpha value is -1.23. The molecular formula is C15H20BrNO3. The summed E-state index contributed by atoms with van der Waals surface area (Å²) in [5, 5.41) is 3.95. The Morgan fingerprint density at radius 1 is 1.20 bits per heavy atom. The normalized spacial score (nSPS) is 16.8. The van der Waals surface area contributed by atoms with Gasteiger partial charge in [-0.3, -0.25) is 4.79 Å². The molecule has 5 heteroatoms. The van der Waals surface area contributed by atoms with Crippen LogP contribution in [0.25, 0.3) is 0 Å². The molecule has 1 unspecified atom stereocenters. The van der Waals surface area contributed by atoms with Crippen LogP contribution in [0.4, 0.5) is 0 Å². The zero-order chi connectivity index (χ0) is 14.2. The summed E-state index contributed by atoms with van der Waals surface area (Å²) < 4.78 is 11.2. The Balaban J connectivity index is 1.69. The molecule has 110 valence electrons. The van der Waals surface area contributed by atoms with Crippen molar-refractivity contribution in [3.63, 3.8) is 0 Å². The van der Waals surface area contributed by atoms with E-state index in [0.29, 0.717) is 18.0 Å². The first-order valence-corrected chi connectivity index (χ1v) is 8.15. The van der Waals surface area contributed by atoms with Crippen molar-refractivity contribution in [2.45, 2.75) is 31.8 Å². The van der Waals surface area contributed by atoms with E-state index in [9.17, 15) is 4.79 Å². The molecule has 1 aliphatic rings. The molecule has 1 aromatic rings. The van der Waals surface area contributed by atoms with E-state index in [0.717, 1.165) is 18.2 Å². The summed E-state index contributed by atoms with van der Waals surface area (Å²) in [6.07, 6.45) is 3.97. The van der Waals surface area contributed by atoms with Crippen molar-refractivity contribution in [1.29, 1.82) is 0 Å². The second-order valence-corrected chi connectivity index (χ2v) is 5.55. The van der Waals surface area contributed by atoms with Crippen LogP contribution in [0, 0.1) is 0 Å². The van der Waals surface area contributed by atoms with Gasteiger partial charge in [0.2, 0.25) is 6.10 Å². The summed E-state index contributed by atoms with van der Waals surface area (Å²) in [4.78, 5) is 12.0. The molecule has 1 atom stereocenters. The maximum Gasteiger partial charge on any atom is 0.264 e. The van der Waals surface area contributed by atoms with Gasteiger partial charge in [0, 0.05) is 11.9 Å². The highest BCUT2D eigenvalue weighted by Crippen LogP contribution is 2.30. The van der Waals surface area contributed by atoms with E-state index < -0.39 is 6.10 Å². The van der Waals surface area contributed by atoms with Crippen molar-refractivity contribution >= 4 is 21.8 Å². The molecule has 20 heavy (non-hydrogen) atoms. The second-order valence-electron chi connectivity index (χ2n) is 4.76. The van der Waals surface area contributed by atoms with Gasteiger partial charge in [0.25, 0.3) is 5.91 Å². The number of carbonyl (C=O) groups is 1. The zero-order valence-corrected chi connectivity index (χ0v) is 13.0. The van der Waals surface area contributed by atoms with Crippen molar-refractivity contribution in [3.05, 3.63) is 24.3 Å². The summed E-state index contributed by atoms with van der Waals surface area (Å²) in [5.74, 6) is 1.24. The van der Waals surface area contributed by atoms with Crippen LogP contribution in [0.1, 0.15) is 25.7 Å². The maximum atomic E-state index is 12.0. The van der Waals surface area contributed by atoms with Crippen molar-refractivity contribution in [2.75, 3.05) is 18.5 Å². The molecule has 0 radical (unpaired) electrons. The van der Waals surface area contributed by atoms with Crippen LogP contribution in [-0.4, -0.2) is 30.5 Å². The van der Waals surface area contributed by atoms with E-state index in [1.165, 1.54) is 12.8 Å². The lowest BCUT2D eigenvalue weighted by Gasteiger charge is -2.25. The van der Waals surface area contributed by atoms with Crippen LogP contribution in [0.3, 0.4) is 0 Å². The number of nitrogens with one attached hydrogen (secondary N) is 1. The fraction of sp³-hybridized carbons (Fsp3) is 0.533. The lowest BCUT2D eigenvalue weighted by Crippen LogP contribution is -2.44. The van der Waals surface area contributed by atoms with Gasteiger partial charge < -0.3 is 14.8 Å². The zero-order valence-electron chi connectivity index (χ0n) is 11.4. The Morgan fingerprint density at radius 3 is 2.75 bits per heavy atom. The van der Waals surface area contributed by atoms with Gasteiger partial charge in [-0.25, -0.2) is 0 Å². The molecule has 0 aliphatic carbocycles. The quantitative estimate of drug-likeness (QED) is 0.612. The molecule has 0 bridgehead atoms. The number of halogens is 1. The average molecular weight is 342 g/mol. The Bertz CT molecular complexity index is 439. The first-order valence-electron chi connectivity index (χ1n) is 7.03. The molecule has 4 nitrogen and oxygen atoms in total. The minimum Gasteiger partial charge on any atom is -0.485 e. The van der Waals surface area contributed by atoms with Crippen molar-refractivity contribution < 1.29 is 14.3 Å². The number of para-hydroxylation sites is 2. The SMILES string of the molecule is O=C(NCCCCCCBr)C1COc2ccccc2O1. The second kappa shape index (κ2) is 8.15. The van der Waals surface area contributed by atoms with Gasteiger partial charge in [0.1, 0.15) is 6.61 Å². The number of amides is 1. The molecule has 0 spiro atoms. The largest absolute Gasteiger partial charge is 0.485 e. The fourth-order valence-electron chi connectivity index (χ4n) is 2.05. The van der Waals surface area contributed by atoms with Crippen LogP contribution >= 0.6 is 15.9 Å². The first kappa shape index (κ1) is 15.2. The molecule has 1 heterocycles. The number of unbranched alkanes of at least 4 members (excludes halogenated alkanes) is 3. The highest BCUT2D eigenvalue weighted by atomic mass is 79.9. The number of rotatable bonds is 7. The van der Waals surface area contributed by atoms with Crippen molar-refractivity contribution in [3.8, 4) is 11.5 Å². The molecule has 0 saturated carbocycles. The molecule has 0 aromatic heterocycles. The lowest BCUT2D eigenvalue weighted by atomic mass is 10.2. The minimum atomic E-state index is -0.549. The monoisotopic (exact) mass is 341 g/mol. The van der Waals surface area contributed by atoms with Gasteiger partial charge in [-0.05, 0) is 25.0 Å². The summed E-state index contributed by atoms with van der Waals surface area (Å²) in [7, 11) is 0. The molecule has 1 aromatic carbocycles. The predicted octanol–water partition coefficient (Wildman–Crippen LogP) is 2.90. The molecular weight excluding hydrogens is 322 g/mol. The van der Waals surface area contributed by atoms with Gasteiger partial charge >= 0.3 is 0 Å². The van der Waals surface area contributed by atoms with Gasteiger partial charge in [-0.2, -0.15) is 0 Å². The van der Waals surface area contributed by atoms with Crippen molar-refractivity contribution in [1.82, 2.24) is 5.32 Å². The summed E-state index contributed by atoms with van der Waals surface area (Å²) in [6.45, 7) is 0.967. The van der Waals surface area contributed by atoms with Gasteiger partial charge in [0.05, 0.1) is 0 Å². The molecule has 2 rings (SSSR count). The fourth-order valence-corrected chi connectivity index (χ4v) is 2.44. The van der Waals surface area contributed by atoms with E-state index in [4.69, 9.17) is 9.47 Å². The molecule has 1 amide bonds. The standard InChI is InChI=1S/C15H20BrNO3/c16-9-5-1-2-6-10-17-15(18)14-11-19-12-7-3-4-8-13(12)20-14/h3-4,7-8,14H,1-2,5-6,9-11H2,(H,17,18). The third-order valence-corrected chi connectivity index (χ3v) is 3.72. The number of carbonyl (C=O) groups excluding carboxylic acids is 1. The Kier molecular flexibility index (Phi) is 6.18. The first-order chi connectivity index (χ1) is 9.81. The van der Waals surface area contributed by atoms with E-state index in [2.05, 4.69) is 21.2 Å². The molecule has 0 saturated heterocycles. The third-order valence-electron chi connectivity index (χ3n) is 3.16. The number of hydrogen-bond acceptors (Lipinski definition) is 3. The third kappa shape index (κ3) is 4.40. The Morgan fingerprint density at radius 2 is 1.95 bits per heavy atom. The van der Waals surface area contributed by atoms with Crippen molar-refractivity contribution in [2.24, 2.45) is 0 Å². The van der Waals surface area contributed by atoms with Gasteiger partial charge in [0.15, 0.2) is 11.5 Å². The van der Waals surface area contributed by atoms with E-state index >= 15 is 0 Å². The predicted molar refractivity (Wildman–Crippen MR) is 81.6 cm³/mol. The minimum absolute atomic E-state index is 0.0972. The number of fused-ring (bicyclic) bond motifs is 1. The highest BCUT2D eigenvalue weighted by molar-refractivity contribution is 9.09. The molecule has 0 fully saturated rings. The summed E-state index contributed by atoms with van der Waals surface area (Å²) >= 11 is 3.41. The van der Waals surface area contributed by atoms with E-state index in [1.54, 1.807) is 0 Å². The van der Waals surface area contributed by atoms with E-state index in [-0.39, 0.29) is 12.5 Å². The molecule has 1 N–H and O–H groups in total. The molecule has 1 aliphatic heterocycles. The van der Waals surface area contributed by atoms with Gasteiger partial charge in [-0.1, -0.05) is 40.9 Å². The van der Waals surface area contributed by atoms with E-state index in [1.807, 2.05) is 24.3 Å². The van der Waals surface area contributed by atoms with Crippen LogP contribution in [0.15, 0.2) is 24.3 Å². The smallest absolute Gasteiger partial charge is 0.264 e.